The Morgan fingerprint density at radius 3 is 3.06 bits per heavy atom. The first kappa shape index (κ1) is 11.5. The molecule has 0 spiro atoms. The van der Waals surface area contributed by atoms with Crippen molar-refractivity contribution >= 4 is 16.6 Å². The number of anilines is 1. The molecule has 0 amide bonds. The van der Waals surface area contributed by atoms with Crippen molar-refractivity contribution < 1.29 is 4.39 Å². The van der Waals surface area contributed by atoms with Crippen LogP contribution in [0.25, 0.3) is 10.9 Å². The number of nitrogens with one attached hydrogen (secondary N) is 1. The van der Waals surface area contributed by atoms with Crippen LogP contribution in [0.15, 0.2) is 18.2 Å². The van der Waals surface area contributed by atoms with Crippen LogP contribution >= 0.6 is 0 Å². The van der Waals surface area contributed by atoms with E-state index in [1.165, 1.54) is 11.6 Å². The third-order valence-electron chi connectivity index (χ3n) is 3.55. The lowest BCUT2D eigenvalue weighted by atomic mass is 10.1. The zero-order valence-corrected chi connectivity index (χ0v) is 10.6. The van der Waals surface area contributed by atoms with Gasteiger partial charge in [0, 0.05) is 23.3 Å². The number of benzene rings is 1. The first-order chi connectivity index (χ1) is 8.81. The summed E-state index contributed by atoms with van der Waals surface area (Å²) >= 11 is 0. The third-order valence-corrected chi connectivity index (χ3v) is 3.55. The Kier molecular flexibility index (Phi) is 2.90. The lowest BCUT2D eigenvalue weighted by Crippen LogP contribution is -2.05. The van der Waals surface area contributed by atoms with Gasteiger partial charge >= 0.3 is 0 Å². The van der Waals surface area contributed by atoms with Crippen molar-refractivity contribution in [3.63, 3.8) is 0 Å². The predicted octanol–water partition coefficient (Wildman–Crippen LogP) is 3.68. The Hall–Kier alpha value is -1.64. The number of fused-ring (bicyclic) bond motifs is 2. The van der Waals surface area contributed by atoms with Crippen LogP contribution in [0.5, 0.6) is 0 Å². The molecule has 1 N–H and O–H groups in total. The fourth-order valence-corrected chi connectivity index (χ4v) is 2.70. The van der Waals surface area contributed by atoms with Crippen LogP contribution in [-0.4, -0.2) is 11.5 Å². The van der Waals surface area contributed by atoms with Crippen LogP contribution in [0.2, 0.25) is 0 Å². The van der Waals surface area contributed by atoms with Gasteiger partial charge in [-0.25, -0.2) is 9.37 Å². The summed E-state index contributed by atoms with van der Waals surface area (Å²) in [6.07, 6.45) is 4.22. The van der Waals surface area contributed by atoms with Crippen molar-refractivity contribution in [3.8, 4) is 0 Å². The molecular weight excluding hydrogens is 227 g/mol. The Balaban J connectivity index is 2.25. The highest BCUT2D eigenvalue weighted by Crippen LogP contribution is 2.34. The Morgan fingerprint density at radius 1 is 1.33 bits per heavy atom. The van der Waals surface area contributed by atoms with E-state index < -0.39 is 0 Å². The molecule has 0 saturated heterocycles. The number of hydrogen-bond acceptors (Lipinski definition) is 2. The smallest absolute Gasteiger partial charge is 0.149 e. The largest absolute Gasteiger partial charge is 0.384 e. The van der Waals surface area contributed by atoms with Gasteiger partial charge in [-0.05, 0) is 37.3 Å². The van der Waals surface area contributed by atoms with Gasteiger partial charge in [-0.2, -0.15) is 0 Å². The van der Waals surface area contributed by atoms with Crippen molar-refractivity contribution in [2.75, 3.05) is 11.9 Å². The van der Waals surface area contributed by atoms with Crippen molar-refractivity contribution in [1.82, 2.24) is 4.98 Å². The molecular formula is C15H17FN2. The number of para-hydroxylation sites is 1. The molecule has 18 heavy (non-hydrogen) atoms. The van der Waals surface area contributed by atoms with Gasteiger partial charge < -0.3 is 5.32 Å². The van der Waals surface area contributed by atoms with Crippen molar-refractivity contribution in [2.24, 2.45) is 0 Å². The molecule has 2 nitrogen and oxygen atoms in total. The summed E-state index contributed by atoms with van der Waals surface area (Å²) in [5, 5.41) is 4.38. The fourth-order valence-electron chi connectivity index (χ4n) is 2.70. The maximum absolute atomic E-state index is 13.9. The molecule has 2 aromatic rings. The normalized spacial score (nSPS) is 13.9. The van der Waals surface area contributed by atoms with Crippen LogP contribution in [0.3, 0.4) is 0 Å². The van der Waals surface area contributed by atoms with E-state index in [0.29, 0.717) is 5.52 Å². The van der Waals surface area contributed by atoms with Crippen LogP contribution < -0.4 is 5.32 Å². The standard InChI is InChI=1S/C15H17FN2/c1-2-9-17-14-10-5-4-8-13(10)18-15-11(14)6-3-7-12(15)16/h3,6-7H,2,4-5,8-9H2,1H3,(H,17,18). The quantitative estimate of drug-likeness (QED) is 0.890. The van der Waals surface area contributed by atoms with E-state index in [-0.39, 0.29) is 5.82 Å². The summed E-state index contributed by atoms with van der Waals surface area (Å²) in [4.78, 5) is 4.51. The molecule has 1 aliphatic rings. The van der Waals surface area contributed by atoms with Gasteiger partial charge in [0.1, 0.15) is 11.3 Å². The molecule has 0 bridgehead atoms. The SMILES string of the molecule is CCCNc1c2c(nc3c(F)cccc13)CCC2. The van der Waals surface area contributed by atoms with E-state index >= 15 is 0 Å². The molecule has 0 aliphatic heterocycles. The Labute approximate surface area is 106 Å². The third kappa shape index (κ3) is 1.74. The number of aryl methyl sites for hydroxylation is 1. The minimum absolute atomic E-state index is 0.221. The summed E-state index contributed by atoms with van der Waals surface area (Å²) in [6, 6.07) is 5.21. The highest BCUT2D eigenvalue weighted by atomic mass is 19.1. The van der Waals surface area contributed by atoms with Crippen LogP contribution in [-0.2, 0) is 12.8 Å². The number of aromatic nitrogens is 1. The van der Waals surface area contributed by atoms with Gasteiger partial charge in [0.25, 0.3) is 0 Å². The zero-order chi connectivity index (χ0) is 12.5. The molecule has 3 heteroatoms. The van der Waals surface area contributed by atoms with E-state index in [2.05, 4.69) is 17.2 Å². The first-order valence-corrected chi connectivity index (χ1v) is 6.65. The second-order valence-corrected chi connectivity index (χ2v) is 4.83. The summed E-state index contributed by atoms with van der Waals surface area (Å²) in [5.74, 6) is -0.221. The molecule has 0 atom stereocenters. The molecule has 1 aliphatic carbocycles. The van der Waals surface area contributed by atoms with E-state index in [0.717, 1.165) is 49.0 Å². The topological polar surface area (TPSA) is 24.9 Å². The maximum atomic E-state index is 13.9. The Morgan fingerprint density at radius 2 is 2.22 bits per heavy atom. The van der Waals surface area contributed by atoms with Crippen molar-refractivity contribution in [1.29, 1.82) is 0 Å². The molecule has 1 aromatic carbocycles. The summed E-state index contributed by atoms with van der Waals surface area (Å²) < 4.78 is 13.9. The first-order valence-electron chi connectivity index (χ1n) is 6.65. The second-order valence-electron chi connectivity index (χ2n) is 4.83. The number of halogens is 1. The van der Waals surface area contributed by atoms with Crippen LogP contribution in [0.1, 0.15) is 31.0 Å². The van der Waals surface area contributed by atoms with Gasteiger partial charge in [0.05, 0.1) is 0 Å². The van der Waals surface area contributed by atoms with Gasteiger partial charge in [-0.3, -0.25) is 0 Å². The van der Waals surface area contributed by atoms with Gasteiger partial charge in [0.15, 0.2) is 0 Å². The van der Waals surface area contributed by atoms with Crippen molar-refractivity contribution in [2.45, 2.75) is 32.6 Å². The summed E-state index contributed by atoms with van der Waals surface area (Å²) in [7, 11) is 0. The molecule has 0 fully saturated rings. The highest BCUT2D eigenvalue weighted by Gasteiger charge is 2.20. The average molecular weight is 244 g/mol. The monoisotopic (exact) mass is 244 g/mol. The lowest BCUT2D eigenvalue weighted by Gasteiger charge is -2.14. The zero-order valence-electron chi connectivity index (χ0n) is 10.6. The van der Waals surface area contributed by atoms with E-state index in [1.807, 2.05) is 6.07 Å². The Bertz CT molecular complexity index is 593. The summed E-state index contributed by atoms with van der Waals surface area (Å²) in [6.45, 7) is 3.05. The lowest BCUT2D eigenvalue weighted by molar-refractivity contribution is 0.636. The number of hydrogen-bond donors (Lipinski definition) is 1. The molecule has 1 heterocycles. The minimum Gasteiger partial charge on any atom is -0.384 e. The van der Waals surface area contributed by atoms with Crippen LogP contribution in [0, 0.1) is 5.82 Å². The number of pyridine rings is 1. The molecule has 1 aromatic heterocycles. The molecule has 0 saturated carbocycles. The van der Waals surface area contributed by atoms with Gasteiger partial charge in [0.2, 0.25) is 0 Å². The van der Waals surface area contributed by atoms with E-state index in [4.69, 9.17) is 0 Å². The predicted molar refractivity (Wildman–Crippen MR) is 72.5 cm³/mol. The molecule has 3 rings (SSSR count). The fraction of sp³-hybridized carbons (Fsp3) is 0.400. The van der Waals surface area contributed by atoms with Crippen molar-refractivity contribution in [3.05, 3.63) is 35.3 Å². The average Bonchev–Trinajstić information content (AvgIpc) is 2.83. The van der Waals surface area contributed by atoms with E-state index in [1.54, 1.807) is 6.07 Å². The minimum atomic E-state index is -0.221. The van der Waals surface area contributed by atoms with Gasteiger partial charge in [-0.15, -0.1) is 0 Å². The number of rotatable bonds is 3. The summed E-state index contributed by atoms with van der Waals surface area (Å²) in [5.41, 5.74) is 3.98. The van der Waals surface area contributed by atoms with E-state index in [9.17, 15) is 4.39 Å². The molecule has 0 unspecified atom stereocenters. The highest BCUT2D eigenvalue weighted by molar-refractivity contribution is 5.94. The van der Waals surface area contributed by atoms with Crippen LogP contribution in [0.4, 0.5) is 10.1 Å². The molecule has 94 valence electrons. The maximum Gasteiger partial charge on any atom is 0.149 e. The van der Waals surface area contributed by atoms with Gasteiger partial charge in [-0.1, -0.05) is 19.1 Å². The molecule has 0 radical (unpaired) electrons. The number of nitrogens with zero attached hydrogens (tertiary/aromatic N) is 1. The second kappa shape index (κ2) is 4.56.